The average molecular weight is 417 g/mol. The molecule has 160 valence electrons. The molecule has 0 fully saturated rings. The van der Waals surface area contributed by atoms with E-state index in [2.05, 4.69) is 43.4 Å². The maximum Gasteiger partial charge on any atom is 0.290 e. The molecule has 0 unspecified atom stereocenters. The smallest absolute Gasteiger partial charge is 0.290 e. The molecule has 0 saturated carbocycles. The van der Waals surface area contributed by atoms with Crippen molar-refractivity contribution in [3.8, 4) is 0 Å². The van der Waals surface area contributed by atoms with Crippen LogP contribution in [0.1, 0.15) is 65.5 Å². The third kappa shape index (κ3) is 4.41. The van der Waals surface area contributed by atoms with Gasteiger partial charge in [0.1, 0.15) is 6.04 Å². The SMILES string of the molecule is CC(C)c1ccc([C@@H](C)NC(=O)[C@@H]2Cc3ccccc3CN2C(=O)c2ccco2)cc1. The molecule has 0 radical (unpaired) electrons. The van der Waals surface area contributed by atoms with Crippen LogP contribution >= 0.6 is 0 Å². The molecule has 0 aliphatic carbocycles. The molecule has 5 nitrogen and oxygen atoms in total. The second-order valence-corrected chi connectivity index (χ2v) is 8.45. The van der Waals surface area contributed by atoms with Crippen molar-refractivity contribution in [1.29, 1.82) is 0 Å². The minimum Gasteiger partial charge on any atom is -0.459 e. The molecular formula is C26H28N2O3. The number of rotatable bonds is 5. The Balaban J connectivity index is 1.55. The highest BCUT2D eigenvalue weighted by Crippen LogP contribution is 2.26. The number of fused-ring (bicyclic) bond motifs is 1. The molecule has 0 bridgehead atoms. The van der Waals surface area contributed by atoms with E-state index in [0.29, 0.717) is 18.9 Å². The van der Waals surface area contributed by atoms with Crippen molar-refractivity contribution in [2.24, 2.45) is 0 Å². The molecule has 4 rings (SSSR count). The Hall–Kier alpha value is -3.34. The van der Waals surface area contributed by atoms with Gasteiger partial charge in [0.2, 0.25) is 5.91 Å². The lowest BCUT2D eigenvalue weighted by atomic mass is 9.92. The van der Waals surface area contributed by atoms with E-state index in [4.69, 9.17) is 4.42 Å². The molecule has 1 aliphatic heterocycles. The van der Waals surface area contributed by atoms with Gasteiger partial charge in [0.25, 0.3) is 5.91 Å². The molecule has 31 heavy (non-hydrogen) atoms. The first kappa shape index (κ1) is 20.9. The first-order valence-corrected chi connectivity index (χ1v) is 10.8. The zero-order valence-electron chi connectivity index (χ0n) is 18.2. The summed E-state index contributed by atoms with van der Waals surface area (Å²) in [7, 11) is 0. The molecule has 1 N–H and O–H groups in total. The summed E-state index contributed by atoms with van der Waals surface area (Å²) >= 11 is 0. The van der Waals surface area contributed by atoms with Crippen LogP contribution in [0, 0.1) is 0 Å². The fourth-order valence-corrected chi connectivity index (χ4v) is 4.07. The number of nitrogens with zero attached hydrogens (tertiary/aromatic N) is 1. The maximum absolute atomic E-state index is 13.3. The second kappa shape index (κ2) is 8.80. The Bertz CT molecular complexity index is 1050. The molecule has 1 aliphatic rings. The first-order chi connectivity index (χ1) is 14.9. The van der Waals surface area contributed by atoms with Crippen molar-refractivity contribution in [1.82, 2.24) is 10.2 Å². The van der Waals surface area contributed by atoms with Gasteiger partial charge in [0.05, 0.1) is 12.3 Å². The number of hydrogen-bond acceptors (Lipinski definition) is 3. The first-order valence-electron chi connectivity index (χ1n) is 10.8. The molecular weight excluding hydrogens is 388 g/mol. The van der Waals surface area contributed by atoms with Gasteiger partial charge in [-0.1, -0.05) is 62.4 Å². The van der Waals surface area contributed by atoms with Crippen molar-refractivity contribution < 1.29 is 14.0 Å². The monoisotopic (exact) mass is 416 g/mol. The zero-order chi connectivity index (χ0) is 22.0. The normalized spacial score (nSPS) is 16.6. The van der Waals surface area contributed by atoms with Crippen LogP contribution in [0.5, 0.6) is 0 Å². The number of carbonyl (C=O) groups excluding carboxylic acids is 2. The van der Waals surface area contributed by atoms with Gasteiger partial charge in [0.15, 0.2) is 5.76 Å². The molecule has 0 saturated heterocycles. The third-order valence-corrected chi connectivity index (χ3v) is 6.01. The number of furan rings is 1. The minimum absolute atomic E-state index is 0.158. The molecule has 1 aromatic heterocycles. The Morgan fingerprint density at radius 1 is 0.935 bits per heavy atom. The summed E-state index contributed by atoms with van der Waals surface area (Å²) in [4.78, 5) is 28.0. The zero-order valence-corrected chi connectivity index (χ0v) is 18.2. The van der Waals surface area contributed by atoms with E-state index in [1.807, 2.05) is 31.2 Å². The molecule has 3 aromatic rings. The van der Waals surface area contributed by atoms with E-state index in [1.165, 1.54) is 11.8 Å². The van der Waals surface area contributed by atoms with E-state index in [-0.39, 0.29) is 23.6 Å². The van der Waals surface area contributed by atoms with Crippen LogP contribution in [-0.4, -0.2) is 22.8 Å². The predicted octanol–water partition coefficient (Wildman–Crippen LogP) is 4.85. The topological polar surface area (TPSA) is 62.6 Å². The maximum atomic E-state index is 13.3. The van der Waals surface area contributed by atoms with Crippen LogP contribution < -0.4 is 5.32 Å². The van der Waals surface area contributed by atoms with Gasteiger partial charge in [-0.15, -0.1) is 0 Å². The number of amides is 2. The summed E-state index contributed by atoms with van der Waals surface area (Å²) in [6.45, 7) is 6.67. The van der Waals surface area contributed by atoms with Crippen molar-refractivity contribution in [2.75, 3.05) is 0 Å². The number of benzene rings is 2. The van der Waals surface area contributed by atoms with E-state index < -0.39 is 6.04 Å². The second-order valence-electron chi connectivity index (χ2n) is 8.45. The van der Waals surface area contributed by atoms with Gasteiger partial charge in [-0.3, -0.25) is 9.59 Å². The molecule has 2 aromatic carbocycles. The summed E-state index contributed by atoms with van der Waals surface area (Å²) in [6, 6.07) is 18.8. The Labute approximate surface area is 183 Å². The lowest BCUT2D eigenvalue weighted by molar-refractivity contribution is -0.126. The highest BCUT2D eigenvalue weighted by Gasteiger charge is 2.36. The van der Waals surface area contributed by atoms with Crippen LogP contribution in [0.2, 0.25) is 0 Å². The number of hydrogen-bond donors (Lipinski definition) is 1. The Morgan fingerprint density at radius 2 is 1.61 bits per heavy atom. The van der Waals surface area contributed by atoms with Gasteiger partial charge in [-0.05, 0) is 47.2 Å². The van der Waals surface area contributed by atoms with E-state index in [9.17, 15) is 9.59 Å². The summed E-state index contributed by atoms with van der Waals surface area (Å²) in [5, 5.41) is 3.11. The van der Waals surface area contributed by atoms with Gasteiger partial charge < -0.3 is 14.6 Å². The quantitative estimate of drug-likeness (QED) is 0.647. The molecule has 5 heteroatoms. The van der Waals surface area contributed by atoms with Crippen LogP contribution in [-0.2, 0) is 17.8 Å². The summed E-state index contributed by atoms with van der Waals surface area (Å²) < 4.78 is 5.32. The van der Waals surface area contributed by atoms with Gasteiger partial charge >= 0.3 is 0 Å². The molecule has 2 heterocycles. The Kier molecular flexibility index (Phi) is 5.94. The standard InChI is InChI=1S/C26H28N2O3/c1-17(2)19-10-12-20(13-11-19)18(3)27-25(29)23-15-21-7-4-5-8-22(21)16-28(23)26(30)24-9-6-14-31-24/h4-14,17-18,23H,15-16H2,1-3H3,(H,27,29)/t18-,23+/m1/s1. The molecule has 2 amide bonds. The summed E-state index contributed by atoms with van der Waals surface area (Å²) in [5.74, 6) is 0.278. The van der Waals surface area contributed by atoms with Crippen molar-refractivity contribution in [3.05, 3.63) is 94.9 Å². The van der Waals surface area contributed by atoms with E-state index >= 15 is 0 Å². The van der Waals surface area contributed by atoms with Crippen molar-refractivity contribution in [2.45, 2.75) is 51.7 Å². The predicted molar refractivity (Wildman–Crippen MR) is 120 cm³/mol. The molecule has 2 atom stereocenters. The summed E-state index contributed by atoms with van der Waals surface area (Å²) in [6.07, 6.45) is 1.95. The van der Waals surface area contributed by atoms with Crippen LogP contribution in [0.4, 0.5) is 0 Å². The third-order valence-electron chi connectivity index (χ3n) is 6.01. The Morgan fingerprint density at radius 3 is 2.26 bits per heavy atom. The fourth-order valence-electron chi connectivity index (χ4n) is 4.07. The number of nitrogens with one attached hydrogen (secondary N) is 1. The van der Waals surface area contributed by atoms with Gasteiger partial charge in [-0.25, -0.2) is 0 Å². The van der Waals surface area contributed by atoms with Crippen LogP contribution in [0.3, 0.4) is 0 Å². The highest BCUT2D eigenvalue weighted by atomic mass is 16.3. The van der Waals surface area contributed by atoms with Crippen molar-refractivity contribution >= 4 is 11.8 Å². The van der Waals surface area contributed by atoms with E-state index in [0.717, 1.165) is 16.7 Å². The van der Waals surface area contributed by atoms with E-state index in [1.54, 1.807) is 17.0 Å². The van der Waals surface area contributed by atoms with Crippen LogP contribution in [0.15, 0.2) is 71.3 Å². The minimum atomic E-state index is -0.593. The average Bonchev–Trinajstić information content (AvgIpc) is 3.32. The van der Waals surface area contributed by atoms with Gasteiger partial charge in [-0.2, -0.15) is 0 Å². The largest absolute Gasteiger partial charge is 0.459 e. The lowest BCUT2D eigenvalue weighted by Gasteiger charge is -2.36. The highest BCUT2D eigenvalue weighted by molar-refractivity contribution is 5.96. The lowest BCUT2D eigenvalue weighted by Crippen LogP contribution is -2.52. The van der Waals surface area contributed by atoms with Gasteiger partial charge in [0, 0.05) is 13.0 Å². The number of carbonyl (C=O) groups is 2. The molecule has 0 spiro atoms. The van der Waals surface area contributed by atoms with Crippen molar-refractivity contribution in [3.63, 3.8) is 0 Å². The fraction of sp³-hybridized carbons (Fsp3) is 0.308. The summed E-state index contributed by atoms with van der Waals surface area (Å²) in [5.41, 5.74) is 4.46. The van der Waals surface area contributed by atoms with Crippen LogP contribution in [0.25, 0.3) is 0 Å².